The van der Waals surface area contributed by atoms with Crippen LogP contribution in [-0.2, 0) is 16.0 Å². The van der Waals surface area contributed by atoms with Gasteiger partial charge in [-0.15, -0.1) is 13.2 Å². The molecule has 1 N–H and O–H groups in total. The molecular weight excluding hydrogens is 415 g/mol. The molecule has 4 amide bonds. The molecule has 168 valence electrons. The van der Waals surface area contributed by atoms with E-state index >= 15 is 0 Å². The number of carbonyl (C=O) groups is 3. The lowest BCUT2D eigenvalue weighted by molar-refractivity contribution is -0.274. The van der Waals surface area contributed by atoms with Crippen molar-refractivity contribution in [3.05, 3.63) is 23.8 Å². The van der Waals surface area contributed by atoms with E-state index in [1.165, 1.54) is 17.0 Å². The smallest absolute Gasteiger partial charge is 0.406 e. The van der Waals surface area contributed by atoms with E-state index < -0.39 is 30.4 Å². The Morgan fingerprint density at radius 3 is 2.74 bits per heavy atom. The Kier molecular flexibility index (Phi) is 5.35. The average Bonchev–Trinajstić information content (AvgIpc) is 2.93. The van der Waals surface area contributed by atoms with Crippen molar-refractivity contribution in [2.24, 2.45) is 5.92 Å². The lowest BCUT2D eigenvalue weighted by Gasteiger charge is -2.37. The van der Waals surface area contributed by atoms with Gasteiger partial charge < -0.3 is 15.0 Å². The minimum absolute atomic E-state index is 0.0134. The van der Waals surface area contributed by atoms with E-state index in [1.54, 1.807) is 0 Å². The second-order valence-electron chi connectivity index (χ2n) is 8.43. The zero-order chi connectivity index (χ0) is 22.4. The van der Waals surface area contributed by atoms with Gasteiger partial charge in [0.25, 0.3) is 5.91 Å². The quantitative estimate of drug-likeness (QED) is 0.733. The van der Waals surface area contributed by atoms with Crippen LogP contribution in [0.25, 0.3) is 0 Å². The molecule has 2 heterocycles. The molecule has 1 aromatic carbocycles. The van der Waals surface area contributed by atoms with Crippen LogP contribution in [0.2, 0.25) is 0 Å². The second kappa shape index (κ2) is 7.72. The Morgan fingerprint density at radius 1 is 1.26 bits per heavy atom. The number of hydrogen-bond donors (Lipinski definition) is 1. The molecule has 1 saturated carbocycles. The molecule has 2 fully saturated rings. The number of imide groups is 1. The van der Waals surface area contributed by atoms with Gasteiger partial charge >= 0.3 is 12.4 Å². The number of ether oxygens (including phenoxy) is 1. The lowest BCUT2D eigenvalue weighted by atomic mass is 9.73. The van der Waals surface area contributed by atoms with E-state index in [0.29, 0.717) is 37.1 Å². The van der Waals surface area contributed by atoms with Gasteiger partial charge in [-0.2, -0.15) is 0 Å². The fourth-order valence-electron chi connectivity index (χ4n) is 4.89. The highest BCUT2D eigenvalue weighted by atomic mass is 19.4. The first-order chi connectivity index (χ1) is 14.6. The van der Waals surface area contributed by atoms with Crippen molar-refractivity contribution in [3.63, 3.8) is 0 Å². The zero-order valence-corrected chi connectivity index (χ0v) is 17.1. The lowest BCUT2D eigenvalue weighted by Crippen LogP contribution is -2.54. The average molecular weight is 439 g/mol. The Bertz CT molecular complexity index is 920. The van der Waals surface area contributed by atoms with Crippen molar-refractivity contribution in [1.29, 1.82) is 0 Å². The van der Waals surface area contributed by atoms with E-state index in [0.717, 1.165) is 30.2 Å². The van der Waals surface area contributed by atoms with Crippen LogP contribution < -0.4 is 15.0 Å². The number of rotatable bonds is 3. The van der Waals surface area contributed by atoms with Crippen molar-refractivity contribution >= 4 is 23.5 Å². The Hall–Kier alpha value is -2.78. The minimum atomic E-state index is -4.80. The molecule has 7 nitrogen and oxygen atoms in total. The molecule has 0 aromatic heterocycles. The first-order valence-electron chi connectivity index (χ1n) is 10.4. The maximum atomic E-state index is 13.1. The van der Waals surface area contributed by atoms with Crippen LogP contribution in [0.4, 0.5) is 23.7 Å². The summed E-state index contributed by atoms with van der Waals surface area (Å²) >= 11 is 0. The first-order valence-corrected chi connectivity index (χ1v) is 10.4. The number of nitrogens with one attached hydrogen (secondary N) is 1. The summed E-state index contributed by atoms with van der Waals surface area (Å²) in [6.45, 7) is 1.89. The molecule has 2 unspecified atom stereocenters. The molecular formula is C21H24F3N3O4. The molecule has 2 aliphatic heterocycles. The molecule has 2 atom stereocenters. The highest BCUT2D eigenvalue weighted by Gasteiger charge is 2.55. The third-order valence-corrected chi connectivity index (χ3v) is 6.50. The fourth-order valence-corrected chi connectivity index (χ4v) is 4.89. The maximum Gasteiger partial charge on any atom is 0.573 e. The molecule has 31 heavy (non-hydrogen) atoms. The highest BCUT2D eigenvalue weighted by molar-refractivity contribution is 6.10. The summed E-state index contributed by atoms with van der Waals surface area (Å²) in [6, 6.07) is 3.27. The van der Waals surface area contributed by atoms with Crippen LogP contribution in [0.15, 0.2) is 18.2 Å². The van der Waals surface area contributed by atoms with Crippen molar-refractivity contribution in [1.82, 2.24) is 10.2 Å². The molecule has 4 rings (SSSR count). The van der Waals surface area contributed by atoms with Gasteiger partial charge in [-0.3, -0.25) is 14.5 Å². The van der Waals surface area contributed by atoms with Crippen LogP contribution in [0.1, 0.15) is 44.6 Å². The molecule has 3 aliphatic rings. The van der Waals surface area contributed by atoms with Gasteiger partial charge in [0.15, 0.2) is 0 Å². The Morgan fingerprint density at radius 2 is 2.03 bits per heavy atom. The number of alkyl halides is 3. The fraction of sp³-hybridized carbons (Fsp3) is 0.571. The summed E-state index contributed by atoms with van der Waals surface area (Å²) in [5.74, 6) is -1.18. The number of nitrogens with zero attached hydrogens (tertiary/aromatic N) is 2. The van der Waals surface area contributed by atoms with E-state index in [9.17, 15) is 27.6 Å². The third kappa shape index (κ3) is 3.95. The number of anilines is 1. The summed E-state index contributed by atoms with van der Waals surface area (Å²) < 4.78 is 41.5. The van der Waals surface area contributed by atoms with Crippen LogP contribution in [-0.4, -0.2) is 47.7 Å². The summed E-state index contributed by atoms with van der Waals surface area (Å²) in [5, 5.41) is 2.82. The van der Waals surface area contributed by atoms with Crippen LogP contribution in [0, 0.1) is 5.92 Å². The second-order valence-corrected chi connectivity index (χ2v) is 8.43. The molecule has 1 spiro atoms. The standard InChI is InChI=1S/C21H24F3N3O4/c1-13-5-2-3-9-20(13)18(29)27(19(30)25-20)12-17(28)26-10-4-6-14-11-15(7-8-16(14)26)31-21(22,23)24/h7-8,11,13H,2-6,9-10,12H2,1H3,(H,25,30). The predicted molar refractivity (Wildman–Crippen MR) is 104 cm³/mol. The summed E-state index contributed by atoms with van der Waals surface area (Å²) in [7, 11) is 0. The predicted octanol–water partition coefficient (Wildman–Crippen LogP) is 3.37. The van der Waals surface area contributed by atoms with Crippen LogP contribution >= 0.6 is 0 Å². The Balaban J connectivity index is 1.51. The normalized spacial score (nSPS) is 26.1. The number of carbonyl (C=O) groups excluding carboxylic acids is 3. The number of aryl methyl sites for hydroxylation is 1. The summed E-state index contributed by atoms with van der Waals surface area (Å²) in [6.07, 6.45) is -0.537. The number of fused-ring (bicyclic) bond motifs is 1. The van der Waals surface area contributed by atoms with Gasteiger partial charge in [0, 0.05) is 12.2 Å². The van der Waals surface area contributed by atoms with Crippen LogP contribution in [0.5, 0.6) is 5.75 Å². The number of benzene rings is 1. The highest BCUT2D eigenvalue weighted by Crippen LogP contribution is 2.38. The maximum absolute atomic E-state index is 13.1. The van der Waals surface area contributed by atoms with E-state index in [-0.39, 0.29) is 17.6 Å². The van der Waals surface area contributed by atoms with Gasteiger partial charge in [0.1, 0.15) is 17.8 Å². The van der Waals surface area contributed by atoms with Gasteiger partial charge in [-0.05, 0) is 55.4 Å². The first kappa shape index (κ1) is 21.5. The molecule has 0 radical (unpaired) electrons. The van der Waals surface area contributed by atoms with Crippen molar-refractivity contribution < 1.29 is 32.3 Å². The van der Waals surface area contributed by atoms with Crippen LogP contribution in [0.3, 0.4) is 0 Å². The van der Waals surface area contributed by atoms with Gasteiger partial charge in [0.2, 0.25) is 5.91 Å². The van der Waals surface area contributed by atoms with Crippen molar-refractivity contribution in [3.8, 4) is 5.75 Å². The number of hydrogen-bond acceptors (Lipinski definition) is 4. The SMILES string of the molecule is CC1CCCCC12NC(=O)N(CC(=O)N1CCCc3cc(OC(F)(F)F)ccc31)C2=O. The number of amides is 4. The molecule has 1 aliphatic carbocycles. The van der Waals surface area contributed by atoms with Crippen molar-refractivity contribution in [2.75, 3.05) is 18.0 Å². The Labute approximate surface area is 177 Å². The molecule has 10 heteroatoms. The number of urea groups is 1. The topological polar surface area (TPSA) is 79.0 Å². The van der Waals surface area contributed by atoms with E-state index in [1.807, 2.05) is 6.92 Å². The van der Waals surface area contributed by atoms with Gasteiger partial charge in [-0.25, -0.2) is 4.79 Å². The molecule has 0 bridgehead atoms. The summed E-state index contributed by atoms with van der Waals surface area (Å²) in [5.41, 5.74) is 0.0775. The van der Waals surface area contributed by atoms with Crippen molar-refractivity contribution in [2.45, 2.75) is 57.3 Å². The summed E-state index contributed by atoms with van der Waals surface area (Å²) in [4.78, 5) is 41.0. The minimum Gasteiger partial charge on any atom is -0.406 e. The molecule has 1 aromatic rings. The third-order valence-electron chi connectivity index (χ3n) is 6.50. The van der Waals surface area contributed by atoms with E-state index in [2.05, 4.69) is 10.1 Å². The van der Waals surface area contributed by atoms with Gasteiger partial charge in [-0.1, -0.05) is 19.8 Å². The van der Waals surface area contributed by atoms with E-state index in [4.69, 9.17) is 0 Å². The zero-order valence-electron chi connectivity index (χ0n) is 17.1. The number of halogens is 3. The monoisotopic (exact) mass is 439 g/mol. The molecule has 1 saturated heterocycles. The largest absolute Gasteiger partial charge is 0.573 e. The van der Waals surface area contributed by atoms with Gasteiger partial charge in [0.05, 0.1) is 0 Å².